The maximum Gasteiger partial charge on any atom is 0.145 e. The van der Waals surface area contributed by atoms with Crippen molar-refractivity contribution in [3.63, 3.8) is 0 Å². The largest absolute Gasteiger partial charge is 0.298 e. The Hall–Kier alpha value is -0.850. The summed E-state index contributed by atoms with van der Waals surface area (Å²) in [4.78, 5) is 10.2. The highest BCUT2D eigenvalue weighted by molar-refractivity contribution is 5.72. The highest BCUT2D eigenvalue weighted by Gasteiger charge is 1.92. The molecule has 0 aliphatic rings. The Morgan fingerprint density at radius 1 is 1.18 bits per heavy atom. The number of aldehydes is 1. The minimum atomic E-state index is 0.366. The van der Waals surface area contributed by atoms with Crippen LogP contribution in [-0.2, 0) is 4.79 Å². The van der Waals surface area contributed by atoms with Gasteiger partial charge in [-0.05, 0) is 32.3 Å². The van der Waals surface area contributed by atoms with Crippen LogP contribution in [0.25, 0.3) is 0 Å². The minimum absolute atomic E-state index is 0.366. The number of carbonyl (C=O) groups is 1. The van der Waals surface area contributed by atoms with Crippen molar-refractivity contribution in [1.82, 2.24) is 0 Å². The summed E-state index contributed by atoms with van der Waals surface area (Å²) in [5, 5.41) is 0. The molecule has 62 valence electrons. The summed E-state index contributed by atoms with van der Waals surface area (Å²) in [5.41, 5.74) is 2.09. The lowest BCUT2D eigenvalue weighted by molar-refractivity contribution is -0.104. The first-order chi connectivity index (χ1) is 5.06. The SMILES string of the molecule is CC(C)=C[C@H](C)/C=C(\C)C=O. The Bertz CT molecular complexity index is 183. The minimum Gasteiger partial charge on any atom is -0.298 e. The average molecular weight is 152 g/mol. The van der Waals surface area contributed by atoms with Crippen LogP contribution >= 0.6 is 0 Å². The quantitative estimate of drug-likeness (QED) is 0.345. The van der Waals surface area contributed by atoms with Crippen LogP contribution in [0.3, 0.4) is 0 Å². The van der Waals surface area contributed by atoms with E-state index in [-0.39, 0.29) is 0 Å². The maximum absolute atomic E-state index is 10.2. The molecule has 0 aromatic heterocycles. The lowest BCUT2D eigenvalue weighted by Crippen LogP contribution is -1.87. The number of allylic oxidation sites excluding steroid dienone is 4. The van der Waals surface area contributed by atoms with Gasteiger partial charge in [-0.3, -0.25) is 4.79 Å². The number of rotatable bonds is 3. The Labute approximate surface area is 68.8 Å². The standard InChI is InChI=1S/C10H16O/c1-8(2)5-9(3)6-10(4)7-11/h5-7,9H,1-4H3/b10-6+/t9-/m0/s1. The van der Waals surface area contributed by atoms with Gasteiger partial charge in [0.25, 0.3) is 0 Å². The summed E-state index contributed by atoms with van der Waals surface area (Å²) >= 11 is 0. The van der Waals surface area contributed by atoms with E-state index in [1.54, 1.807) is 0 Å². The molecule has 1 heteroatoms. The molecule has 0 aliphatic carbocycles. The molecule has 0 aromatic carbocycles. The first-order valence-corrected chi connectivity index (χ1v) is 3.85. The molecule has 0 unspecified atom stereocenters. The second kappa shape index (κ2) is 4.89. The summed E-state index contributed by atoms with van der Waals surface area (Å²) < 4.78 is 0. The zero-order valence-electron chi connectivity index (χ0n) is 7.72. The molecule has 0 fully saturated rings. The Balaban J connectivity index is 4.17. The molecule has 1 atom stereocenters. The smallest absolute Gasteiger partial charge is 0.145 e. The zero-order chi connectivity index (χ0) is 8.85. The van der Waals surface area contributed by atoms with E-state index in [9.17, 15) is 4.79 Å². The lowest BCUT2D eigenvalue weighted by Gasteiger charge is -1.99. The second-order valence-electron chi connectivity index (χ2n) is 3.13. The van der Waals surface area contributed by atoms with Crippen molar-refractivity contribution in [1.29, 1.82) is 0 Å². The number of carbonyl (C=O) groups excluding carboxylic acids is 1. The first-order valence-electron chi connectivity index (χ1n) is 3.85. The topological polar surface area (TPSA) is 17.1 Å². The van der Waals surface area contributed by atoms with Crippen molar-refractivity contribution in [2.24, 2.45) is 5.92 Å². The van der Waals surface area contributed by atoms with Crippen LogP contribution in [0.5, 0.6) is 0 Å². The molecule has 0 heterocycles. The number of hydrogen-bond acceptors (Lipinski definition) is 1. The Morgan fingerprint density at radius 3 is 2.09 bits per heavy atom. The normalized spacial score (nSPS) is 14.0. The summed E-state index contributed by atoms with van der Waals surface area (Å²) in [6.45, 7) is 8.00. The van der Waals surface area contributed by atoms with Gasteiger partial charge in [0.05, 0.1) is 0 Å². The van der Waals surface area contributed by atoms with Crippen LogP contribution in [0.4, 0.5) is 0 Å². The maximum atomic E-state index is 10.2. The van der Waals surface area contributed by atoms with Gasteiger partial charge in [-0.1, -0.05) is 24.6 Å². The van der Waals surface area contributed by atoms with Gasteiger partial charge in [-0.15, -0.1) is 0 Å². The molecule has 0 aromatic rings. The highest BCUT2D eigenvalue weighted by Crippen LogP contribution is 2.05. The molecule has 11 heavy (non-hydrogen) atoms. The first kappa shape index (κ1) is 10.2. The van der Waals surface area contributed by atoms with Crippen LogP contribution in [0.2, 0.25) is 0 Å². The van der Waals surface area contributed by atoms with E-state index < -0.39 is 0 Å². The van der Waals surface area contributed by atoms with E-state index in [2.05, 4.69) is 26.8 Å². The van der Waals surface area contributed by atoms with Gasteiger partial charge in [0.1, 0.15) is 6.29 Å². The third kappa shape index (κ3) is 5.59. The Morgan fingerprint density at radius 2 is 1.73 bits per heavy atom. The van der Waals surface area contributed by atoms with Crippen LogP contribution < -0.4 is 0 Å². The molecule has 0 aliphatic heterocycles. The fourth-order valence-corrected chi connectivity index (χ4v) is 1.03. The molecule has 0 spiro atoms. The lowest BCUT2D eigenvalue weighted by atomic mass is 10.1. The third-order valence-electron chi connectivity index (χ3n) is 1.31. The molecule has 0 bridgehead atoms. The average Bonchev–Trinajstić information content (AvgIpc) is 1.85. The molecule has 0 amide bonds. The molecule has 0 rings (SSSR count). The van der Waals surface area contributed by atoms with Crippen molar-refractivity contribution in [3.05, 3.63) is 23.3 Å². The second-order valence-corrected chi connectivity index (χ2v) is 3.13. The van der Waals surface area contributed by atoms with E-state index in [0.717, 1.165) is 11.9 Å². The summed E-state index contributed by atoms with van der Waals surface area (Å²) in [7, 11) is 0. The summed E-state index contributed by atoms with van der Waals surface area (Å²) in [6, 6.07) is 0. The van der Waals surface area contributed by atoms with Crippen LogP contribution in [0.1, 0.15) is 27.7 Å². The van der Waals surface area contributed by atoms with E-state index in [4.69, 9.17) is 0 Å². The fourth-order valence-electron chi connectivity index (χ4n) is 1.03. The third-order valence-corrected chi connectivity index (χ3v) is 1.31. The van der Waals surface area contributed by atoms with Gasteiger partial charge < -0.3 is 0 Å². The van der Waals surface area contributed by atoms with E-state index in [1.165, 1.54) is 5.57 Å². The molecule has 0 saturated heterocycles. The van der Waals surface area contributed by atoms with Crippen molar-refractivity contribution >= 4 is 6.29 Å². The summed E-state index contributed by atoms with van der Waals surface area (Å²) in [6.07, 6.45) is 4.97. The monoisotopic (exact) mass is 152 g/mol. The van der Waals surface area contributed by atoms with Gasteiger partial charge >= 0.3 is 0 Å². The van der Waals surface area contributed by atoms with Gasteiger partial charge in [0, 0.05) is 0 Å². The predicted octanol–water partition coefficient (Wildman–Crippen LogP) is 2.73. The van der Waals surface area contributed by atoms with Crippen LogP contribution in [-0.4, -0.2) is 6.29 Å². The molecule has 0 saturated carbocycles. The molecule has 0 N–H and O–H groups in total. The summed E-state index contributed by atoms with van der Waals surface area (Å²) in [5.74, 6) is 0.366. The van der Waals surface area contributed by atoms with Crippen molar-refractivity contribution < 1.29 is 4.79 Å². The Kier molecular flexibility index (Phi) is 4.51. The van der Waals surface area contributed by atoms with Crippen LogP contribution in [0.15, 0.2) is 23.3 Å². The van der Waals surface area contributed by atoms with Gasteiger partial charge in [0.2, 0.25) is 0 Å². The van der Waals surface area contributed by atoms with E-state index in [1.807, 2.05) is 13.0 Å². The molecule has 1 nitrogen and oxygen atoms in total. The van der Waals surface area contributed by atoms with Crippen molar-refractivity contribution in [3.8, 4) is 0 Å². The molecular weight excluding hydrogens is 136 g/mol. The van der Waals surface area contributed by atoms with Gasteiger partial charge in [-0.2, -0.15) is 0 Å². The van der Waals surface area contributed by atoms with E-state index >= 15 is 0 Å². The number of hydrogen-bond donors (Lipinski definition) is 0. The van der Waals surface area contributed by atoms with Gasteiger partial charge in [0.15, 0.2) is 0 Å². The fraction of sp³-hybridized carbons (Fsp3) is 0.500. The van der Waals surface area contributed by atoms with E-state index in [0.29, 0.717) is 5.92 Å². The van der Waals surface area contributed by atoms with Crippen molar-refractivity contribution in [2.45, 2.75) is 27.7 Å². The highest BCUT2D eigenvalue weighted by atomic mass is 16.1. The van der Waals surface area contributed by atoms with Crippen LogP contribution in [0, 0.1) is 5.92 Å². The van der Waals surface area contributed by atoms with Gasteiger partial charge in [-0.25, -0.2) is 0 Å². The van der Waals surface area contributed by atoms with Crippen molar-refractivity contribution in [2.75, 3.05) is 0 Å². The predicted molar refractivity (Wildman–Crippen MR) is 48.4 cm³/mol. The molecular formula is C10H16O. The zero-order valence-corrected chi connectivity index (χ0v) is 7.72. The molecule has 0 radical (unpaired) electrons.